The van der Waals surface area contributed by atoms with E-state index in [-0.39, 0.29) is 0 Å². The lowest BCUT2D eigenvalue weighted by molar-refractivity contribution is 0.0714. The Kier molecular flexibility index (Phi) is 3.49. The van der Waals surface area contributed by atoms with Gasteiger partial charge in [0.25, 0.3) is 0 Å². The molecule has 0 aliphatic carbocycles. The number of hydrogen-bond acceptors (Lipinski definition) is 2. The minimum Gasteiger partial charge on any atom is -0.390 e. The van der Waals surface area contributed by atoms with Gasteiger partial charge >= 0.3 is 0 Å². The van der Waals surface area contributed by atoms with Crippen molar-refractivity contribution in [3.8, 4) is 6.07 Å². The van der Waals surface area contributed by atoms with Crippen LogP contribution in [0.3, 0.4) is 0 Å². The summed E-state index contributed by atoms with van der Waals surface area (Å²) in [4.78, 5) is 0. The zero-order valence-electron chi connectivity index (χ0n) is 9.54. The largest absolute Gasteiger partial charge is 0.390 e. The first-order valence-corrected chi connectivity index (χ1v) is 5.14. The number of hydrogen-bond donors (Lipinski definition) is 1. The van der Waals surface area contributed by atoms with E-state index in [1.165, 1.54) is 0 Å². The van der Waals surface area contributed by atoms with Gasteiger partial charge < -0.3 is 5.11 Å². The highest BCUT2D eigenvalue weighted by molar-refractivity contribution is 5.39. The summed E-state index contributed by atoms with van der Waals surface area (Å²) in [7, 11) is 0. The van der Waals surface area contributed by atoms with Gasteiger partial charge in [0.2, 0.25) is 0 Å². The van der Waals surface area contributed by atoms with Crippen molar-refractivity contribution in [2.24, 2.45) is 0 Å². The van der Waals surface area contributed by atoms with Gasteiger partial charge in [-0.15, -0.1) is 0 Å². The molecule has 0 atom stereocenters. The highest BCUT2D eigenvalue weighted by Gasteiger charge is 2.12. The van der Waals surface area contributed by atoms with E-state index in [9.17, 15) is 5.11 Å². The van der Waals surface area contributed by atoms with Crippen LogP contribution in [0.25, 0.3) is 0 Å². The van der Waals surface area contributed by atoms with Gasteiger partial charge in [0.15, 0.2) is 0 Å². The molecule has 0 saturated carbocycles. The van der Waals surface area contributed by atoms with E-state index in [0.717, 1.165) is 23.1 Å². The maximum Gasteiger partial charge on any atom is 0.0994 e. The van der Waals surface area contributed by atoms with Crippen molar-refractivity contribution >= 4 is 0 Å². The topological polar surface area (TPSA) is 44.0 Å². The van der Waals surface area contributed by atoms with Crippen LogP contribution in [0.2, 0.25) is 0 Å². The van der Waals surface area contributed by atoms with Gasteiger partial charge in [0, 0.05) is 0 Å². The Bertz CT molecular complexity index is 383. The van der Waals surface area contributed by atoms with Gasteiger partial charge in [-0.1, -0.05) is 12.1 Å². The van der Waals surface area contributed by atoms with Gasteiger partial charge in [0.1, 0.15) is 0 Å². The second kappa shape index (κ2) is 4.46. The molecular formula is C13H17NO. The fourth-order valence-corrected chi connectivity index (χ4v) is 1.40. The van der Waals surface area contributed by atoms with E-state index < -0.39 is 5.60 Å². The summed E-state index contributed by atoms with van der Waals surface area (Å²) < 4.78 is 0. The van der Waals surface area contributed by atoms with Crippen LogP contribution in [-0.2, 0) is 6.42 Å². The predicted octanol–water partition coefficient (Wildman–Crippen LogP) is 2.57. The van der Waals surface area contributed by atoms with Crippen molar-refractivity contribution in [2.45, 2.75) is 39.2 Å². The number of rotatable bonds is 3. The second-order valence-electron chi connectivity index (χ2n) is 4.57. The maximum absolute atomic E-state index is 9.60. The number of aryl methyl sites for hydroxylation is 2. The molecule has 0 saturated heterocycles. The first kappa shape index (κ1) is 11.7. The maximum atomic E-state index is 9.60. The summed E-state index contributed by atoms with van der Waals surface area (Å²) in [6, 6.07) is 8.05. The number of nitrogens with zero attached hydrogens (tertiary/aromatic N) is 1. The molecule has 0 aliphatic heterocycles. The monoisotopic (exact) mass is 203 g/mol. The normalized spacial score (nSPS) is 11.1. The SMILES string of the molecule is Cc1ccc(CCC(C)(C)O)cc1C#N. The summed E-state index contributed by atoms with van der Waals surface area (Å²) >= 11 is 0. The van der Waals surface area contributed by atoms with E-state index in [1.54, 1.807) is 13.8 Å². The van der Waals surface area contributed by atoms with Crippen LogP contribution in [0.15, 0.2) is 18.2 Å². The number of benzene rings is 1. The van der Waals surface area contributed by atoms with Crippen molar-refractivity contribution in [3.63, 3.8) is 0 Å². The molecule has 0 radical (unpaired) electrons. The quantitative estimate of drug-likeness (QED) is 0.820. The van der Waals surface area contributed by atoms with Crippen LogP contribution in [0.5, 0.6) is 0 Å². The van der Waals surface area contributed by atoms with E-state index in [0.29, 0.717) is 6.42 Å². The molecule has 0 spiro atoms. The minimum absolute atomic E-state index is 0.641. The molecule has 2 nitrogen and oxygen atoms in total. The van der Waals surface area contributed by atoms with E-state index >= 15 is 0 Å². The van der Waals surface area contributed by atoms with Crippen LogP contribution < -0.4 is 0 Å². The van der Waals surface area contributed by atoms with Crippen molar-refractivity contribution in [2.75, 3.05) is 0 Å². The van der Waals surface area contributed by atoms with Gasteiger partial charge in [-0.05, 0) is 50.8 Å². The lowest BCUT2D eigenvalue weighted by atomic mass is 9.97. The predicted molar refractivity (Wildman–Crippen MR) is 60.5 cm³/mol. The third kappa shape index (κ3) is 3.73. The van der Waals surface area contributed by atoms with Gasteiger partial charge in [0.05, 0.1) is 17.2 Å². The molecule has 80 valence electrons. The number of aliphatic hydroxyl groups is 1. The Labute approximate surface area is 91.2 Å². The van der Waals surface area contributed by atoms with E-state index in [2.05, 4.69) is 6.07 Å². The van der Waals surface area contributed by atoms with Crippen molar-refractivity contribution < 1.29 is 5.11 Å². The highest BCUT2D eigenvalue weighted by Crippen LogP contribution is 2.16. The van der Waals surface area contributed by atoms with Crippen LogP contribution in [0.1, 0.15) is 37.0 Å². The van der Waals surface area contributed by atoms with E-state index in [4.69, 9.17) is 5.26 Å². The van der Waals surface area contributed by atoms with Crippen LogP contribution in [0.4, 0.5) is 0 Å². The fraction of sp³-hybridized carbons (Fsp3) is 0.462. The average Bonchev–Trinajstić information content (AvgIpc) is 2.15. The molecule has 0 heterocycles. The smallest absolute Gasteiger partial charge is 0.0994 e. The molecule has 0 aliphatic rings. The molecule has 1 N–H and O–H groups in total. The summed E-state index contributed by atoms with van der Waals surface area (Å²) in [6.45, 7) is 5.52. The molecular weight excluding hydrogens is 186 g/mol. The highest BCUT2D eigenvalue weighted by atomic mass is 16.3. The lowest BCUT2D eigenvalue weighted by Gasteiger charge is -2.16. The summed E-state index contributed by atoms with van der Waals surface area (Å²) in [5, 5.41) is 18.5. The average molecular weight is 203 g/mol. The second-order valence-corrected chi connectivity index (χ2v) is 4.57. The molecule has 2 heteroatoms. The zero-order valence-corrected chi connectivity index (χ0v) is 9.54. The number of nitriles is 1. The molecule has 0 fully saturated rings. The van der Waals surface area contributed by atoms with Crippen LogP contribution >= 0.6 is 0 Å². The minimum atomic E-state index is -0.641. The Hall–Kier alpha value is -1.33. The molecule has 0 unspecified atom stereocenters. The summed E-state index contributed by atoms with van der Waals surface area (Å²) in [5.41, 5.74) is 2.20. The standard InChI is InChI=1S/C13H17NO/c1-10-4-5-11(8-12(10)9-14)6-7-13(2,3)15/h4-5,8,15H,6-7H2,1-3H3. The van der Waals surface area contributed by atoms with Gasteiger partial charge in [-0.3, -0.25) is 0 Å². The third-order valence-corrected chi connectivity index (χ3v) is 2.45. The van der Waals surface area contributed by atoms with Crippen molar-refractivity contribution in [1.82, 2.24) is 0 Å². The fourth-order valence-electron chi connectivity index (χ4n) is 1.40. The summed E-state index contributed by atoms with van der Waals surface area (Å²) in [6.07, 6.45) is 1.51. The van der Waals surface area contributed by atoms with Gasteiger partial charge in [-0.25, -0.2) is 0 Å². The Balaban J connectivity index is 2.76. The zero-order chi connectivity index (χ0) is 11.5. The molecule has 0 amide bonds. The van der Waals surface area contributed by atoms with Gasteiger partial charge in [-0.2, -0.15) is 5.26 Å². The molecule has 1 aromatic carbocycles. The Morgan fingerprint density at radius 3 is 2.60 bits per heavy atom. The molecule has 1 rings (SSSR count). The van der Waals surface area contributed by atoms with Crippen molar-refractivity contribution in [3.05, 3.63) is 34.9 Å². The third-order valence-electron chi connectivity index (χ3n) is 2.45. The molecule has 0 bridgehead atoms. The van der Waals surface area contributed by atoms with E-state index in [1.807, 2.05) is 25.1 Å². The first-order valence-electron chi connectivity index (χ1n) is 5.14. The Morgan fingerprint density at radius 2 is 2.07 bits per heavy atom. The van der Waals surface area contributed by atoms with Crippen molar-refractivity contribution in [1.29, 1.82) is 5.26 Å². The molecule has 15 heavy (non-hydrogen) atoms. The molecule has 0 aromatic heterocycles. The van der Waals surface area contributed by atoms with Crippen LogP contribution in [0, 0.1) is 18.3 Å². The molecule has 1 aromatic rings. The summed E-state index contributed by atoms with van der Waals surface area (Å²) in [5.74, 6) is 0. The lowest BCUT2D eigenvalue weighted by Crippen LogP contribution is -2.19. The first-order chi connectivity index (χ1) is 6.92. The Morgan fingerprint density at radius 1 is 1.40 bits per heavy atom. The van der Waals surface area contributed by atoms with Crippen LogP contribution in [-0.4, -0.2) is 10.7 Å².